The molecule has 146 valence electrons. The summed E-state index contributed by atoms with van der Waals surface area (Å²) in [5.41, 5.74) is 4.70. The van der Waals surface area contributed by atoms with Crippen molar-refractivity contribution in [2.75, 3.05) is 6.54 Å². The zero-order valence-electron chi connectivity index (χ0n) is 16.1. The zero-order valence-corrected chi connectivity index (χ0v) is 16.1. The van der Waals surface area contributed by atoms with Gasteiger partial charge in [0, 0.05) is 26.1 Å². The highest BCUT2D eigenvalue weighted by Gasteiger charge is 2.38. The number of furan rings is 1. The van der Waals surface area contributed by atoms with E-state index in [1.165, 1.54) is 17.4 Å². The third-order valence-electron chi connectivity index (χ3n) is 5.97. The Morgan fingerprint density at radius 1 is 0.828 bits per heavy atom. The Labute approximate surface area is 169 Å². The fraction of sp³-hybridized carbons (Fsp3) is 0.250. The van der Waals surface area contributed by atoms with Crippen molar-refractivity contribution in [2.24, 2.45) is 0 Å². The third kappa shape index (κ3) is 3.23. The molecule has 0 aliphatic carbocycles. The third-order valence-corrected chi connectivity index (χ3v) is 5.97. The Balaban J connectivity index is 1.46. The first kappa shape index (κ1) is 17.7. The van der Waals surface area contributed by atoms with Gasteiger partial charge in [-0.15, -0.1) is 0 Å². The average molecular weight is 386 g/mol. The summed E-state index contributed by atoms with van der Waals surface area (Å²) in [6.45, 7) is 1.68. The van der Waals surface area contributed by atoms with Gasteiger partial charge in [0.05, 0.1) is 6.26 Å². The Hall–Kier alpha value is -3.34. The number of rotatable bonds is 2. The summed E-state index contributed by atoms with van der Waals surface area (Å²) >= 11 is 0. The molecule has 1 aromatic heterocycles. The average Bonchev–Trinajstić information content (AvgIpc) is 3.32. The van der Waals surface area contributed by atoms with Crippen LogP contribution in [-0.4, -0.2) is 34.2 Å². The molecule has 0 saturated heterocycles. The molecule has 0 bridgehead atoms. The number of carbonyl (C=O) groups excluding carboxylic acids is 2. The van der Waals surface area contributed by atoms with Gasteiger partial charge in [-0.2, -0.15) is 0 Å². The van der Waals surface area contributed by atoms with Gasteiger partial charge in [0.1, 0.15) is 6.04 Å². The molecule has 2 aliphatic rings. The number of amides is 2. The van der Waals surface area contributed by atoms with Crippen molar-refractivity contribution in [1.29, 1.82) is 0 Å². The van der Waals surface area contributed by atoms with Gasteiger partial charge in [0.15, 0.2) is 5.76 Å². The lowest BCUT2D eigenvalue weighted by Gasteiger charge is -2.39. The van der Waals surface area contributed by atoms with Gasteiger partial charge in [-0.3, -0.25) is 9.59 Å². The van der Waals surface area contributed by atoms with Crippen molar-refractivity contribution in [3.8, 4) is 0 Å². The fourth-order valence-electron chi connectivity index (χ4n) is 4.39. The summed E-state index contributed by atoms with van der Waals surface area (Å²) < 4.78 is 5.34. The first-order valence-electron chi connectivity index (χ1n) is 9.97. The molecule has 0 N–H and O–H groups in total. The minimum atomic E-state index is -0.521. The van der Waals surface area contributed by atoms with E-state index in [0.717, 1.165) is 17.5 Å². The summed E-state index contributed by atoms with van der Waals surface area (Å²) in [7, 11) is 0. The number of hydrogen-bond donors (Lipinski definition) is 0. The quantitative estimate of drug-likeness (QED) is 0.678. The van der Waals surface area contributed by atoms with Crippen LogP contribution in [0.2, 0.25) is 0 Å². The van der Waals surface area contributed by atoms with E-state index in [1.807, 2.05) is 35.2 Å². The Morgan fingerprint density at radius 3 is 2.24 bits per heavy atom. The van der Waals surface area contributed by atoms with Crippen molar-refractivity contribution < 1.29 is 14.0 Å². The molecule has 29 heavy (non-hydrogen) atoms. The van der Waals surface area contributed by atoms with Crippen LogP contribution in [-0.2, 0) is 30.7 Å². The highest BCUT2D eigenvalue weighted by Crippen LogP contribution is 2.28. The van der Waals surface area contributed by atoms with Gasteiger partial charge in [-0.25, -0.2) is 0 Å². The van der Waals surface area contributed by atoms with Gasteiger partial charge in [0.25, 0.3) is 5.91 Å². The van der Waals surface area contributed by atoms with Gasteiger partial charge < -0.3 is 14.2 Å². The zero-order chi connectivity index (χ0) is 19.8. The first-order valence-corrected chi connectivity index (χ1v) is 9.97. The largest absolute Gasteiger partial charge is 0.459 e. The first-order chi connectivity index (χ1) is 14.2. The normalized spacial score (nSPS) is 18.1. The van der Waals surface area contributed by atoms with E-state index in [4.69, 9.17) is 4.42 Å². The van der Waals surface area contributed by atoms with Crippen LogP contribution in [0.4, 0.5) is 0 Å². The molecular formula is C24H22N2O3. The number of hydrogen-bond acceptors (Lipinski definition) is 3. The molecule has 1 atom stereocenters. The standard InChI is InChI=1S/C24H22N2O3/c27-23(25-12-11-17-6-1-3-8-19(17)15-25)21-14-18-7-2-4-9-20(18)16-26(21)24(28)22-10-5-13-29-22/h1-10,13,21H,11-12,14-16H2. The molecule has 1 unspecified atom stereocenters. The molecule has 3 heterocycles. The van der Waals surface area contributed by atoms with Crippen molar-refractivity contribution in [2.45, 2.75) is 32.0 Å². The van der Waals surface area contributed by atoms with E-state index in [2.05, 4.69) is 18.2 Å². The van der Waals surface area contributed by atoms with E-state index >= 15 is 0 Å². The summed E-state index contributed by atoms with van der Waals surface area (Å²) in [4.78, 5) is 30.2. The minimum Gasteiger partial charge on any atom is -0.459 e. The Kier molecular flexibility index (Phi) is 4.43. The van der Waals surface area contributed by atoms with Crippen molar-refractivity contribution >= 4 is 11.8 Å². The van der Waals surface area contributed by atoms with E-state index in [0.29, 0.717) is 26.1 Å². The molecule has 2 aromatic carbocycles. The summed E-state index contributed by atoms with van der Waals surface area (Å²) in [6.07, 6.45) is 2.86. The molecular weight excluding hydrogens is 364 g/mol. The van der Waals surface area contributed by atoms with Crippen LogP contribution >= 0.6 is 0 Å². The second-order valence-electron chi connectivity index (χ2n) is 7.68. The minimum absolute atomic E-state index is 0.00825. The van der Waals surface area contributed by atoms with Crippen LogP contribution < -0.4 is 0 Å². The van der Waals surface area contributed by atoms with Crippen LogP contribution in [0.25, 0.3) is 0 Å². The number of benzene rings is 2. The summed E-state index contributed by atoms with van der Waals surface area (Å²) in [5.74, 6) is 0.0420. The molecule has 0 radical (unpaired) electrons. The predicted molar refractivity (Wildman–Crippen MR) is 108 cm³/mol. The lowest BCUT2D eigenvalue weighted by atomic mass is 9.92. The maximum atomic E-state index is 13.6. The molecule has 5 nitrogen and oxygen atoms in total. The van der Waals surface area contributed by atoms with Crippen molar-refractivity contribution in [1.82, 2.24) is 9.80 Å². The van der Waals surface area contributed by atoms with E-state index in [9.17, 15) is 9.59 Å². The highest BCUT2D eigenvalue weighted by atomic mass is 16.3. The highest BCUT2D eigenvalue weighted by molar-refractivity contribution is 5.96. The van der Waals surface area contributed by atoms with Crippen LogP contribution in [0.3, 0.4) is 0 Å². The van der Waals surface area contributed by atoms with E-state index in [1.54, 1.807) is 17.0 Å². The van der Waals surface area contributed by atoms with Gasteiger partial charge in [0.2, 0.25) is 5.91 Å². The monoisotopic (exact) mass is 386 g/mol. The molecule has 0 spiro atoms. The van der Waals surface area contributed by atoms with Crippen LogP contribution in [0.15, 0.2) is 71.3 Å². The van der Waals surface area contributed by atoms with Crippen LogP contribution in [0.5, 0.6) is 0 Å². The van der Waals surface area contributed by atoms with Gasteiger partial charge in [-0.05, 0) is 40.8 Å². The fourth-order valence-corrected chi connectivity index (χ4v) is 4.39. The van der Waals surface area contributed by atoms with Crippen LogP contribution in [0.1, 0.15) is 32.8 Å². The summed E-state index contributed by atoms with van der Waals surface area (Å²) in [6, 6.07) is 19.1. The lowest BCUT2D eigenvalue weighted by molar-refractivity contribution is -0.137. The molecule has 5 heteroatoms. The maximum absolute atomic E-state index is 13.6. The van der Waals surface area contributed by atoms with Crippen molar-refractivity contribution in [3.05, 3.63) is 94.9 Å². The smallest absolute Gasteiger partial charge is 0.290 e. The number of carbonyl (C=O) groups is 2. The molecule has 3 aromatic rings. The van der Waals surface area contributed by atoms with Gasteiger partial charge >= 0.3 is 0 Å². The Morgan fingerprint density at radius 2 is 1.52 bits per heavy atom. The van der Waals surface area contributed by atoms with E-state index in [-0.39, 0.29) is 17.6 Å². The van der Waals surface area contributed by atoms with E-state index < -0.39 is 6.04 Å². The molecule has 0 fully saturated rings. The SMILES string of the molecule is O=C(C1Cc2ccccc2CN1C(=O)c1ccco1)N1CCc2ccccc2C1. The predicted octanol–water partition coefficient (Wildman–Crippen LogP) is 3.43. The molecule has 2 amide bonds. The molecule has 5 rings (SSSR count). The summed E-state index contributed by atoms with van der Waals surface area (Å²) in [5, 5.41) is 0. The maximum Gasteiger partial charge on any atom is 0.290 e. The molecule has 0 saturated carbocycles. The number of fused-ring (bicyclic) bond motifs is 2. The van der Waals surface area contributed by atoms with Crippen LogP contribution in [0, 0.1) is 0 Å². The van der Waals surface area contributed by atoms with Crippen molar-refractivity contribution in [3.63, 3.8) is 0 Å². The second kappa shape index (κ2) is 7.24. The number of nitrogens with zero attached hydrogens (tertiary/aromatic N) is 2. The lowest BCUT2D eigenvalue weighted by Crippen LogP contribution is -2.54. The molecule has 2 aliphatic heterocycles. The Bertz CT molecular complexity index is 1060. The topological polar surface area (TPSA) is 53.8 Å². The second-order valence-corrected chi connectivity index (χ2v) is 7.68. The van der Waals surface area contributed by atoms with Gasteiger partial charge in [-0.1, -0.05) is 48.5 Å².